The molecule has 0 bridgehead atoms. The van der Waals surface area contributed by atoms with Gasteiger partial charge in [-0.05, 0) is 24.1 Å². The number of anilines is 1. The number of carbonyl (C=O) groups excluding carboxylic acids is 1. The molecular weight excluding hydrogens is 214 g/mol. The first kappa shape index (κ1) is 11.9. The monoisotopic (exact) mass is 233 g/mol. The minimum Gasteiger partial charge on any atom is -0.399 e. The Morgan fingerprint density at radius 3 is 2.88 bits per heavy atom. The van der Waals surface area contributed by atoms with Crippen LogP contribution < -0.4 is 11.5 Å². The summed E-state index contributed by atoms with van der Waals surface area (Å²) >= 11 is 0. The van der Waals surface area contributed by atoms with Gasteiger partial charge < -0.3 is 16.4 Å². The van der Waals surface area contributed by atoms with Crippen molar-refractivity contribution in [1.82, 2.24) is 4.90 Å². The molecule has 1 saturated heterocycles. The highest BCUT2D eigenvalue weighted by atomic mass is 16.2. The van der Waals surface area contributed by atoms with Crippen LogP contribution >= 0.6 is 0 Å². The summed E-state index contributed by atoms with van der Waals surface area (Å²) in [7, 11) is 0. The van der Waals surface area contributed by atoms with Crippen molar-refractivity contribution in [2.45, 2.75) is 31.8 Å². The standard InChI is InChI=1S/C13H19N3O/c1-2-6-16-12(17)8-11(15)13(16)9-4-3-5-10(14)7-9/h3-5,7,11,13H,2,6,8,14-15H2,1H3/t11-,13+/m0/s1. The lowest BCUT2D eigenvalue weighted by Gasteiger charge is -2.27. The van der Waals surface area contributed by atoms with Gasteiger partial charge in [0.2, 0.25) is 5.91 Å². The average Bonchev–Trinajstić information content (AvgIpc) is 2.54. The predicted octanol–water partition coefficient (Wildman–Crippen LogP) is 1.28. The zero-order chi connectivity index (χ0) is 12.4. The Kier molecular flexibility index (Phi) is 3.33. The van der Waals surface area contributed by atoms with Crippen molar-refractivity contribution in [2.75, 3.05) is 12.3 Å². The highest BCUT2D eigenvalue weighted by molar-refractivity contribution is 5.80. The average molecular weight is 233 g/mol. The maximum Gasteiger partial charge on any atom is 0.224 e. The molecule has 92 valence electrons. The first-order valence-corrected chi connectivity index (χ1v) is 6.04. The minimum atomic E-state index is -0.129. The van der Waals surface area contributed by atoms with Gasteiger partial charge in [0.15, 0.2) is 0 Å². The van der Waals surface area contributed by atoms with Gasteiger partial charge in [-0.1, -0.05) is 19.1 Å². The molecule has 1 fully saturated rings. The maximum atomic E-state index is 11.9. The van der Waals surface area contributed by atoms with E-state index < -0.39 is 0 Å². The minimum absolute atomic E-state index is 0.0223. The first-order valence-electron chi connectivity index (χ1n) is 6.04. The lowest BCUT2D eigenvalue weighted by molar-refractivity contribution is -0.129. The third kappa shape index (κ3) is 2.26. The summed E-state index contributed by atoms with van der Waals surface area (Å²) in [5.41, 5.74) is 13.6. The third-order valence-corrected chi connectivity index (χ3v) is 3.19. The summed E-state index contributed by atoms with van der Waals surface area (Å²) in [6.45, 7) is 2.82. The largest absolute Gasteiger partial charge is 0.399 e. The second-order valence-corrected chi connectivity index (χ2v) is 4.57. The Balaban J connectivity index is 2.31. The molecule has 1 amide bonds. The van der Waals surface area contributed by atoms with Crippen LogP contribution in [0.25, 0.3) is 0 Å². The molecule has 4 nitrogen and oxygen atoms in total. The smallest absolute Gasteiger partial charge is 0.224 e. The van der Waals surface area contributed by atoms with Crippen LogP contribution in [-0.2, 0) is 4.79 Å². The van der Waals surface area contributed by atoms with Crippen LogP contribution in [0.5, 0.6) is 0 Å². The normalized spacial score (nSPS) is 24.4. The van der Waals surface area contributed by atoms with Crippen molar-refractivity contribution in [3.63, 3.8) is 0 Å². The summed E-state index contributed by atoms with van der Waals surface area (Å²) in [4.78, 5) is 13.7. The van der Waals surface area contributed by atoms with E-state index in [0.29, 0.717) is 12.1 Å². The van der Waals surface area contributed by atoms with Gasteiger partial charge in [0.1, 0.15) is 0 Å². The van der Waals surface area contributed by atoms with Gasteiger partial charge in [-0.25, -0.2) is 0 Å². The second kappa shape index (κ2) is 4.75. The number of carbonyl (C=O) groups is 1. The van der Waals surface area contributed by atoms with Gasteiger partial charge in [0, 0.05) is 24.7 Å². The fourth-order valence-electron chi connectivity index (χ4n) is 2.49. The van der Waals surface area contributed by atoms with Gasteiger partial charge in [0.05, 0.1) is 6.04 Å². The lowest BCUT2D eigenvalue weighted by atomic mass is 10.0. The van der Waals surface area contributed by atoms with Crippen LogP contribution in [0, 0.1) is 0 Å². The highest BCUT2D eigenvalue weighted by Crippen LogP contribution is 2.32. The molecule has 0 unspecified atom stereocenters. The zero-order valence-corrected chi connectivity index (χ0v) is 10.1. The van der Waals surface area contributed by atoms with Gasteiger partial charge in [-0.15, -0.1) is 0 Å². The molecule has 1 aromatic rings. The predicted molar refractivity (Wildman–Crippen MR) is 68.2 cm³/mol. The van der Waals surface area contributed by atoms with Crippen LogP contribution in [-0.4, -0.2) is 23.4 Å². The molecule has 0 spiro atoms. The number of hydrogen-bond donors (Lipinski definition) is 2. The number of nitrogens with two attached hydrogens (primary N) is 2. The van der Waals surface area contributed by atoms with Gasteiger partial charge >= 0.3 is 0 Å². The van der Waals surface area contributed by atoms with Crippen molar-refractivity contribution in [3.05, 3.63) is 29.8 Å². The van der Waals surface area contributed by atoms with Crippen LogP contribution in [0.15, 0.2) is 24.3 Å². The number of nitrogen functional groups attached to an aromatic ring is 1. The Hall–Kier alpha value is -1.55. The van der Waals surface area contributed by atoms with Crippen molar-refractivity contribution in [1.29, 1.82) is 0 Å². The van der Waals surface area contributed by atoms with Gasteiger partial charge in [-0.3, -0.25) is 4.79 Å². The van der Waals surface area contributed by atoms with Crippen LogP contribution in [0.1, 0.15) is 31.4 Å². The van der Waals surface area contributed by atoms with Crippen LogP contribution in [0.2, 0.25) is 0 Å². The third-order valence-electron chi connectivity index (χ3n) is 3.19. The van der Waals surface area contributed by atoms with E-state index in [1.165, 1.54) is 0 Å². The number of amides is 1. The number of likely N-dealkylation sites (tertiary alicyclic amines) is 1. The molecule has 0 radical (unpaired) electrons. The summed E-state index contributed by atoms with van der Waals surface area (Å²) in [5.74, 6) is 0.145. The number of hydrogen-bond acceptors (Lipinski definition) is 3. The van der Waals surface area contributed by atoms with E-state index in [1.54, 1.807) is 0 Å². The molecule has 2 rings (SSSR count). The molecular formula is C13H19N3O. The summed E-state index contributed by atoms with van der Waals surface area (Å²) in [6.07, 6.45) is 1.37. The number of benzene rings is 1. The van der Waals surface area contributed by atoms with Crippen molar-refractivity contribution in [2.24, 2.45) is 5.73 Å². The Morgan fingerprint density at radius 1 is 1.47 bits per heavy atom. The summed E-state index contributed by atoms with van der Waals surface area (Å²) < 4.78 is 0. The molecule has 1 aromatic carbocycles. The Bertz CT molecular complexity index is 419. The van der Waals surface area contributed by atoms with E-state index in [2.05, 4.69) is 6.92 Å². The highest BCUT2D eigenvalue weighted by Gasteiger charge is 2.37. The summed E-state index contributed by atoms with van der Waals surface area (Å²) in [6, 6.07) is 7.50. The second-order valence-electron chi connectivity index (χ2n) is 4.57. The molecule has 4 heteroatoms. The molecule has 2 atom stereocenters. The maximum absolute atomic E-state index is 11.9. The zero-order valence-electron chi connectivity index (χ0n) is 10.1. The lowest BCUT2D eigenvalue weighted by Crippen LogP contribution is -2.33. The summed E-state index contributed by atoms with van der Waals surface area (Å²) in [5, 5.41) is 0. The van der Waals surface area contributed by atoms with Crippen LogP contribution in [0.3, 0.4) is 0 Å². The van der Waals surface area contributed by atoms with Gasteiger partial charge in [-0.2, -0.15) is 0 Å². The van der Waals surface area contributed by atoms with E-state index in [4.69, 9.17) is 11.5 Å². The first-order chi connectivity index (χ1) is 8.13. The van der Waals surface area contributed by atoms with Crippen molar-refractivity contribution >= 4 is 11.6 Å². The molecule has 1 aliphatic rings. The quantitative estimate of drug-likeness (QED) is 0.772. The Labute approximate surface area is 102 Å². The topological polar surface area (TPSA) is 72.3 Å². The van der Waals surface area contributed by atoms with Crippen molar-refractivity contribution in [3.8, 4) is 0 Å². The molecule has 0 aliphatic carbocycles. The fraction of sp³-hybridized carbons (Fsp3) is 0.462. The molecule has 0 aromatic heterocycles. The SMILES string of the molecule is CCCN1C(=O)C[C@H](N)[C@H]1c1cccc(N)c1. The van der Waals surface area contributed by atoms with E-state index in [1.807, 2.05) is 29.2 Å². The van der Waals surface area contributed by atoms with E-state index in [9.17, 15) is 4.79 Å². The van der Waals surface area contributed by atoms with Gasteiger partial charge in [0.25, 0.3) is 0 Å². The number of nitrogens with zero attached hydrogens (tertiary/aromatic N) is 1. The number of rotatable bonds is 3. The molecule has 0 saturated carbocycles. The van der Waals surface area contributed by atoms with Crippen molar-refractivity contribution < 1.29 is 4.79 Å². The van der Waals surface area contributed by atoms with E-state index in [0.717, 1.165) is 18.5 Å². The molecule has 4 N–H and O–H groups in total. The fourth-order valence-corrected chi connectivity index (χ4v) is 2.49. The van der Waals surface area contributed by atoms with E-state index in [-0.39, 0.29) is 18.0 Å². The molecule has 1 aliphatic heterocycles. The molecule has 1 heterocycles. The van der Waals surface area contributed by atoms with Crippen LogP contribution in [0.4, 0.5) is 5.69 Å². The van der Waals surface area contributed by atoms with E-state index >= 15 is 0 Å². The molecule has 17 heavy (non-hydrogen) atoms. The Morgan fingerprint density at radius 2 is 2.24 bits per heavy atom.